The summed E-state index contributed by atoms with van der Waals surface area (Å²) in [6.07, 6.45) is 2.63. The van der Waals surface area contributed by atoms with Gasteiger partial charge in [0.25, 0.3) is 5.91 Å². The van der Waals surface area contributed by atoms with Gasteiger partial charge < -0.3 is 14.5 Å². The van der Waals surface area contributed by atoms with Crippen molar-refractivity contribution in [3.05, 3.63) is 60.2 Å². The lowest BCUT2D eigenvalue weighted by Crippen LogP contribution is -2.56. The largest absolute Gasteiger partial charge is 0.378 e. The predicted octanol–water partition coefficient (Wildman–Crippen LogP) is 1.62. The Hall–Kier alpha value is -3.21. The fraction of sp³-hybridized carbons (Fsp3) is 0.429. The van der Waals surface area contributed by atoms with E-state index in [0.29, 0.717) is 49.7 Å². The molecule has 0 saturated carbocycles. The van der Waals surface area contributed by atoms with Crippen LogP contribution in [0.3, 0.4) is 0 Å². The number of nitrogens with zero attached hydrogens (tertiary/aromatic N) is 3. The summed E-state index contributed by atoms with van der Waals surface area (Å²) in [4.78, 5) is 60.1. The van der Waals surface area contributed by atoms with E-state index >= 15 is 0 Å². The molecule has 4 heterocycles. The van der Waals surface area contributed by atoms with Crippen LogP contribution in [0.2, 0.25) is 0 Å². The minimum absolute atomic E-state index is 0.128. The molecule has 0 bridgehead atoms. The second-order valence-corrected chi connectivity index (χ2v) is 11.1. The first kappa shape index (κ1) is 25.1. The Labute approximate surface area is 225 Å². The SMILES string of the molecule is CSCC[C@@H]1N[C@]2(C(=O)N(CC(=O)N3CCOCC3)c3ccccc32)[C@@H]2C(=O)N(c3ccccc3)C(=O)[C@H]12. The van der Waals surface area contributed by atoms with Crippen LogP contribution in [0.1, 0.15) is 12.0 Å². The van der Waals surface area contributed by atoms with Gasteiger partial charge in [0, 0.05) is 30.4 Å². The van der Waals surface area contributed by atoms with E-state index < -0.39 is 17.4 Å². The average molecular weight is 535 g/mol. The molecule has 0 radical (unpaired) electrons. The van der Waals surface area contributed by atoms with Crippen LogP contribution in [0, 0.1) is 11.8 Å². The van der Waals surface area contributed by atoms with Gasteiger partial charge in [-0.2, -0.15) is 11.8 Å². The van der Waals surface area contributed by atoms with Crippen LogP contribution in [0.15, 0.2) is 54.6 Å². The first-order valence-electron chi connectivity index (χ1n) is 13.0. The topological polar surface area (TPSA) is 99.3 Å². The molecule has 0 aromatic heterocycles. The zero-order valence-electron chi connectivity index (χ0n) is 21.2. The summed E-state index contributed by atoms with van der Waals surface area (Å²) >= 11 is 1.66. The van der Waals surface area contributed by atoms with Crippen LogP contribution in [0.25, 0.3) is 0 Å². The molecule has 0 unspecified atom stereocenters. The molecule has 0 aliphatic carbocycles. The van der Waals surface area contributed by atoms with Crippen molar-refractivity contribution in [3.63, 3.8) is 0 Å². The molecule has 198 valence electrons. The highest BCUT2D eigenvalue weighted by atomic mass is 32.2. The highest BCUT2D eigenvalue weighted by molar-refractivity contribution is 7.98. The van der Waals surface area contributed by atoms with E-state index in [9.17, 15) is 19.2 Å². The number of hydrogen-bond acceptors (Lipinski definition) is 7. The van der Waals surface area contributed by atoms with E-state index in [1.165, 1.54) is 9.80 Å². The van der Waals surface area contributed by atoms with Crippen LogP contribution in [0.5, 0.6) is 0 Å². The maximum absolute atomic E-state index is 14.4. The zero-order chi connectivity index (χ0) is 26.4. The molecule has 1 N–H and O–H groups in total. The molecule has 6 rings (SSSR count). The van der Waals surface area contributed by atoms with Gasteiger partial charge in [-0.15, -0.1) is 0 Å². The standard InChI is InChI=1S/C28H30N4O5S/c1-38-16-11-20-23-24(26(35)32(25(23)34)18-7-3-2-4-8-18)28(29-20)19-9-5-6-10-21(19)31(27(28)36)17-22(33)30-12-14-37-15-13-30/h2-10,20,23-24,29H,11-17H2,1H3/t20-,23+,24-,28-/m0/s1. The molecule has 4 aliphatic rings. The Morgan fingerprint density at radius 2 is 1.74 bits per heavy atom. The molecule has 9 nitrogen and oxygen atoms in total. The number of imide groups is 1. The summed E-state index contributed by atoms with van der Waals surface area (Å²) in [6, 6.07) is 15.9. The molecule has 2 aromatic rings. The van der Waals surface area contributed by atoms with Gasteiger partial charge in [0.05, 0.1) is 30.7 Å². The molecule has 4 atom stereocenters. The van der Waals surface area contributed by atoms with Crippen molar-refractivity contribution in [1.29, 1.82) is 0 Å². The van der Waals surface area contributed by atoms with E-state index in [1.807, 2.05) is 36.6 Å². The minimum atomic E-state index is -1.41. The fourth-order valence-corrected chi connectivity index (χ4v) is 6.97. The Kier molecular flexibility index (Phi) is 6.49. The molecule has 38 heavy (non-hydrogen) atoms. The summed E-state index contributed by atoms with van der Waals surface area (Å²) in [7, 11) is 0. The summed E-state index contributed by atoms with van der Waals surface area (Å²) in [6.45, 7) is 1.76. The van der Waals surface area contributed by atoms with E-state index in [0.717, 1.165) is 5.75 Å². The monoisotopic (exact) mass is 534 g/mol. The van der Waals surface area contributed by atoms with Crippen molar-refractivity contribution in [2.75, 3.05) is 54.7 Å². The van der Waals surface area contributed by atoms with Gasteiger partial charge in [0.2, 0.25) is 17.7 Å². The van der Waals surface area contributed by atoms with E-state index in [1.54, 1.807) is 40.9 Å². The third-order valence-electron chi connectivity index (χ3n) is 8.17. The lowest BCUT2D eigenvalue weighted by Gasteiger charge is -2.31. The van der Waals surface area contributed by atoms with Gasteiger partial charge in [-0.05, 0) is 36.6 Å². The number of carbonyl (C=O) groups excluding carboxylic acids is 4. The highest BCUT2D eigenvalue weighted by Gasteiger charge is 2.71. The number of anilines is 2. The Morgan fingerprint density at radius 3 is 2.47 bits per heavy atom. The quantitative estimate of drug-likeness (QED) is 0.563. The van der Waals surface area contributed by atoms with E-state index in [4.69, 9.17) is 4.74 Å². The summed E-state index contributed by atoms with van der Waals surface area (Å²) in [5, 5.41) is 3.51. The average Bonchev–Trinajstić information content (AvgIpc) is 3.52. The van der Waals surface area contributed by atoms with Gasteiger partial charge in [-0.25, -0.2) is 4.90 Å². The maximum atomic E-state index is 14.4. The molecule has 10 heteroatoms. The van der Waals surface area contributed by atoms with Crippen LogP contribution in [-0.2, 0) is 29.5 Å². The van der Waals surface area contributed by atoms with Gasteiger partial charge in [-0.1, -0.05) is 36.4 Å². The number of morpholine rings is 1. The molecule has 3 fully saturated rings. The number of nitrogens with one attached hydrogen (secondary N) is 1. The normalized spacial score (nSPS) is 28.4. The maximum Gasteiger partial charge on any atom is 0.253 e. The van der Waals surface area contributed by atoms with Crippen LogP contribution >= 0.6 is 11.8 Å². The number of amides is 4. The van der Waals surface area contributed by atoms with Crippen molar-refractivity contribution in [2.24, 2.45) is 11.8 Å². The van der Waals surface area contributed by atoms with E-state index in [-0.39, 0.29) is 36.2 Å². The number of benzene rings is 2. The summed E-state index contributed by atoms with van der Waals surface area (Å²) in [5.74, 6) is -1.98. The van der Waals surface area contributed by atoms with Gasteiger partial charge >= 0.3 is 0 Å². The van der Waals surface area contributed by atoms with Crippen molar-refractivity contribution in [1.82, 2.24) is 10.2 Å². The van der Waals surface area contributed by atoms with Crippen molar-refractivity contribution >= 4 is 46.8 Å². The third-order valence-corrected chi connectivity index (χ3v) is 8.81. The van der Waals surface area contributed by atoms with Crippen molar-refractivity contribution in [3.8, 4) is 0 Å². The first-order valence-corrected chi connectivity index (χ1v) is 14.3. The number of fused-ring (bicyclic) bond motifs is 4. The Morgan fingerprint density at radius 1 is 1.03 bits per heavy atom. The summed E-state index contributed by atoms with van der Waals surface area (Å²) < 4.78 is 5.37. The number of para-hydroxylation sites is 2. The Bertz CT molecular complexity index is 1280. The number of ether oxygens (including phenoxy) is 1. The highest BCUT2D eigenvalue weighted by Crippen LogP contribution is 2.55. The molecular weight excluding hydrogens is 504 g/mol. The third kappa shape index (κ3) is 3.69. The molecule has 2 aromatic carbocycles. The second kappa shape index (κ2) is 9.83. The predicted molar refractivity (Wildman–Crippen MR) is 144 cm³/mol. The van der Waals surface area contributed by atoms with Gasteiger partial charge in [-0.3, -0.25) is 24.5 Å². The lowest BCUT2D eigenvalue weighted by atomic mass is 9.76. The summed E-state index contributed by atoms with van der Waals surface area (Å²) in [5.41, 5.74) is 0.354. The second-order valence-electron chi connectivity index (χ2n) is 10.1. The van der Waals surface area contributed by atoms with Gasteiger partial charge in [0.15, 0.2) is 0 Å². The fourth-order valence-electron chi connectivity index (χ4n) is 6.48. The van der Waals surface area contributed by atoms with Crippen molar-refractivity contribution < 1.29 is 23.9 Å². The number of carbonyl (C=O) groups is 4. The molecule has 4 aliphatic heterocycles. The smallest absolute Gasteiger partial charge is 0.253 e. The number of hydrogen-bond donors (Lipinski definition) is 1. The number of thioether (sulfide) groups is 1. The zero-order valence-corrected chi connectivity index (χ0v) is 22.0. The van der Waals surface area contributed by atoms with Crippen LogP contribution < -0.4 is 15.1 Å². The Balaban J connectivity index is 1.42. The van der Waals surface area contributed by atoms with E-state index in [2.05, 4.69) is 5.32 Å². The van der Waals surface area contributed by atoms with Crippen LogP contribution in [-0.4, -0.2) is 79.4 Å². The molecule has 3 saturated heterocycles. The first-order chi connectivity index (χ1) is 18.5. The minimum Gasteiger partial charge on any atom is -0.378 e. The molecule has 4 amide bonds. The van der Waals surface area contributed by atoms with Gasteiger partial charge in [0.1, 0.15) is 12.1 Å². The molecular formula is C28H30N4O5S. The lowest BCUT2D eigenvalue weighted by molar-refractivity contribution is -0.136. The number of rotatable bonds is 6. The molecule has 1 spiro atoms. The van der Waals surface area contributed by atoms with Crippen LogP contribution in [0.4, 0.5) is 11.4 Å². The van der Waals surface area contributed by atoms with Crippen molar-refractivity contribution in [2.45, 2.75) is 18.0 Å².